The van der Waals surface area contributed by atoms with Crippen LogP contribution in [0.25, 0.3) is 0 Å². The fourth-order valence-electron chi connectivity index (χ4n) is 2.25. The van der Waals surface area contributed by atoms with Crippen LogP contribution < -0.4 is 10.6 Å². The summed E-state index contributed by atoms with van der Waals surface area (Å²) in [6, 6.07) is 15.7. The van der Waals surface area contributed by atoms with E-state index in [4.69, 9.17) is 10.00 Å². The zero-order chi connectivity index (χ0) is 18.8. The molecule has 0 aromatic heterocycles. The van der Waals surface area contributed by atoms with Gasteiger partial charge in [0.2, 0.25) is 5.91 Å². The van der Waals surface area contributed by atoms with Gasteiger partial charge in [-0.3, -0.25) is 4.79 Å². The molecule has 7 heteroatoms. The summed E-state index contributed by atoms with van der Waals surface area (Å²) in [7, 11) is 0. The molecule has 0 unspecified atom stereocenters. The Morgan fingerprint density at radius 2 is 1.81 bits per heavy atom. The Kier molecular flexibility index (Phi) is 7.13. The Hall–Kier alpha value is -3.40. The van der Waals surface area contributed by atoms with Gasteiger partial charge in [0.05, 0.1) is 6.07 Å². The van der Waals surface area contributed by atoms with Gasteiger partial charge in [0.25, 0.3) is 0 Å². The highest BCUT2D eigenvalue weighted by Crippen LogP contribution is 2.10. The van der Waals surface area contributed by atoms with E-state index in [2.05, 4.69) is 10.6 Å². The van der Waals surface area contributed by atoms with Crippen LogP contribution in [0.3, 0.4) is 0 Å². The van der Waals surface area contributed by atoms with E-state index in [9.17, 15) is 14.0 Å². The lowest BCUT2D eigenvalue weighted by atomic mass is 10.0. The summed E-state index contributed by atoms with van der Waals surface area (Å²) in [5.74, 6) is -1.07. The number of nitrogens with zero attached hydrogens (tertiary/aromatic N) is 1. The van der Waals surface area contributed by atoms with Gasteiger partial charge < -0.3 is 15.4 Å². The highest BCUT2D eigenvalue weighted by atomic mass is 19.1. The lowest BCUT2D eigenvalue weighted by Gasteiger charge is -2.18. The van der Waals surface area contributed by atoms with Crippen molar-refractivity contribution in [1.82, 2.24) is 10.6 Å². The van der Waals surface area contributed by atoms with Crippen molar-refractivity contribution in [2.45, 2.75) is 19.1 Å². The molecular formula is C19H18FN3O3. The largest absolute Gasteiger partial charge is 0.445 e. The number of benzene rings is 2. The zero-order valence-corrected chi connectivity index (χ0v) is 13.9. The molecule has 0 spiro atoms. The molecule has 134 valence electrons. The van der Waals surface area contributed by atoms with Crippen LogP contribution in [0, 0.1) is 17.1 Å². The molecular weight excluding hydrogens is 337 g/mol. The van der Waals surface area contributed by atoms with Crippen molar-refractivity contribution in [3.63, 3.8) is 0 Å². The van der Waals surface area contributed by atoms with Crippen molar-refractivity contribution >= 4 is 12.0 Å². The SMILES string of the molecule is N#CCNC(=O)[C@H](Cc1ccccc1F)NC(=O)OCc1ccccc1. The first kappa shape index (κ1) is 18.9. The number of nitriles is 1. The average Bonchev–Trinajstić information content (AvgIpc) is 2.66. The second-order valence-electron chi connectivity index (χ2n) is 5.43. The molecule has 0 heterocycles. The van der Waals surface area contributed by atoms with E-state index in [0.29, 0.717) is 0 Å². The smallest absolute Gasteiger partial charge is 0.408 e. The first-order valence-electron chi connectivity index (χ1n) is 7.95. The number of halogens is 1. The van der Waals surface area contributed by atoms with Crippen LogP contribution in [-0.2, 0) is 22.6 Å². The standard InChI is InChI=1S/C19H18FN3O3/c20-16-9-5-4-8-15(16)12-17(18(24)22-11-10-21)23-19(25)26-13-14-6-2-1-3-7-14/h1-9,17H,11-13H2,(H,22,24)(H,23,25)/t17-/m0/s1. The van der Waals surface area contributed by atoms with Gasteiger partial charge in [-0.1, -0.05) is 48.5 Å². The minimum atomic E-state index is -1.07. The number of alkyl carbamates (subject to hydrolysis) is 1. The second kappa shape index (κ2) is 9.79. The average molecular weight is 355 g/mol. The summed E-state index contributed by atoms with van der Waals surface area (Å²) in [6.45, 7) is -0.174. The summed E-state index contributed by atoms with van der Waals surface area (Å²) in [5.41, 5.74) is 1.07. The van der Waals surface area contributed by atoms with Crippen molar-refractivity contribution in [2.24, 2.45) is 0 Å². The molecule has 0 saturated carbocycles. The maximum atomic E-state index is 13.8. The van der Waals surface area contributed by atoms with Crippen molar-refractivity contribution in [3.05, 3.63) is 71.5 Å². The van der Waals surface area contributed by atoms with Gasteiger partial charge in [-0.15, -0.1) is 0 Å². The zero-order valence-electron chi connectivity index (χ0n) is 13.9. The number of rotatable bonds is 7. The van der Waals surface area contributed by atoms with Crippen LogP contribution in [-0.4, -0.2) is 24.6 Å². The quantitative estimate of drug-likeness (QED) is 0.746. The Morgan fingerprint density at radius 3 is 2.50 bits per heavy atom. The molecule has 0 bridgehead atoms. The second-order valence-corrected chi connectivity index (χ2v) is 5.43. The molecule has 6 nitrogen and oxygen atoms in total. The van der Waals surface area contributed by atoms with Crippen LogP contribution in [0.1, 0.15) is 11.1 Å². The van der Waals surface area contributed by atoms with Crippen LogP contribution in [0.15, 0.2) is 54.6 Å². The van der Waals surface area contributed by atoms with Crippen LogP contribution in [0.2, 0.25) is 0 Å². The molecule has 26 heavy (non-hydrogen) atoms. The minimum absolute atomic E-state index is 0.0406. The molecule has 2 rings (SSSR count). The predicted molar refractivity (Wildman–Crippen MR) is 92.3 cm³/mol. The molecule has 2 aromatic rings. The van der Waals surface area contributed by atoms with Gasteiger partial charge in [0.1, 0.15) is 25.0 Å². The van der Waals surface area contributed by atoms with Crippen molar-refractivity contribution in [3.8, 4) is 6.07 Å². The maximum Gasteiger partial charge on any atom is 0.408 e. The summed E-state index contributed by atoms with van der Waals surface area (Å²) in [4.78, 5) is 24.2. The van der Waals surface area contributed by atoms with Gasteiger partial charge in [-0.05, 0) is 17.2 Å². The monoisotopic (exact) mass is 355 g/mol. The third kappa shape index (κ3) is 5.91. The highest BCUT2D eigenvalue weighted by molar-refractivity contribution is 5.86. The fourth-order valence-corrected chi connectivity index (χ4v) is 2.25. The molecule has 0 aliphatic carbocycles. The lowest BCUT2D eigenvalue weighted by Crippen LogP contribution is -2.48. The molecule has 0 radical (unpaired) electrons. The Labute approximate surface area is 150 Å². The summed E-state index contributed by atoms with van der Waals surface area (Å²) in [5, 5.41) is 13.4. The fraction of sp³-hybridized carbons (Fsp3) is 0.211. The number of ether oxygens (including phenoxy) is 1. The minimum Gasteiger partial charge on any atom is -0.445 e. The van der Waals surface area contributed by atoms with E-state index >= 15 is 0 Å². The van der Waals surface area contributed by atoms with Gasteiger partial charge in [-0.2, -0.15) is 5.26 Å². The molecule has 1 atom stereocenters. The van der Waals surface area contributed by atoms with Gasteiger partial charge in [-0.25, -0.2) is 9.18 Å². The number of hydrogen-bond acceptors (Lipinski definition) is 4. The topological polar surface area (TPSA) is 91.2 Å². The first-order chi connectivity index (χ1) is 12.6. The van der Waals surface area contributed by atoms with E-state index < -0.39 is 23.9 Å². The van der Waals surface area contributed by atoms with Crippen molar-refractivity contribution in [1.29, 1.82) is 5.26 Å². The third-order valence-corrected chi connectivity index (χ3v) is 3.54. The Bertz CT molecular complexity index is 790. The molecule has 0 aliphatic heterocycles. The molecule has 2 N–H and O–H groups in total. The number of carbonyl (C=O) groups excluding carboxylic acids is 2. The number of carbonyl (C=O) groups is 2. The highest BCUT2D eigenvalue weighted by Gasteiger charge is 2.23. The van der Waals surface area contributed by atoms with E-state index in [1.807, 2.05) is 18.2 Å². The molecule has 0 saturated heterocycles. The predicted octanol–water partition coefficient (Wildman–Crippen LogP) is 2.30. The van der Waals surface area contributed by atoms with Crippen LogP contribution >= 0.6 is 0 Å². The Morgan fingerprint density at radius 1 is 1.12 bits per heavy atom. The maximum absolute atomic E-state index is 13.8. The van der Waals surface area contributed by atoms with E-state index in [1.165, 1.54) is 18.2 Å². The summed E-state index contributed by atoms with van der Waals surface area (Å²) < 4.78 is 18.9. The lowest BCUT2D eigenvalue weighted by molar-refractivity contribution is -0.122. The Balaban J connectivity index is 2.00. The third-order valence-electron chi connectivity index (χ3n) is 3.54. The van der Waals surface area contributed by atoms with E-state index in [0.717, 1.165) is 5.56 Å². The van der Waals surface area contributed by atoms with Crippen LogP contribution in [0.4, 0.5) is 9.18 Å². The molecule has 0 aliphatic rings. The summed E-state index contributed by atoms with van der Waals surface area (Å²) >= 11 is 0. The van der Waals surface area contributed by atoms with E-state index in [1.54, 1.807) is 24.3 Å². The normalized spacial score (nSPS) is 11.1. The van der Waals surface area contributed by atoms with Crippen LogP contribution in [0.5, 0.6) is 0 Å². The number of hydrogen-bond donors (Lipinski definition) is 2. The first-order valence-corrected chi connectivity index (χ1v) is 7.95. The van der Waals surface area contributed by atoms with Gasteiger partial charge in [0, 0.05) is 6.42 Å². The summed E-state index contributed by atoms with van der Waals surface area (Å²) in [6.07, 6.45) is -0.869. The number of nitrogens with one attached hydrogen (secondary N) is 2. The number of amides is 2. The van der Waals surface area contributed by atoms with Gasteiger partial charge in [0.15, 0.2) is 0 Å². The van der Waals surface area contributed by atoms with Gasteiger partial charge >= 0.3 is 6.09 Å². The molecule has 2 aromatic carbocycles. The molecule has 0 fully saturated rings. The van der Waals surface area contributed by atoms with Crippen molar-refractivity contribution in [2.75, 3.05) is 6.54 Å². The van der Waals surface area contributed by atoms with Crippen molar-refractivity contribution < 1.29 is 18.7 Å². The van der Waals surface area contributed by atoms with E-state index in [-0.39, 0.29) is 25.1 Å². The molecule has 2 amide bonds.